The van der Waals surface area contributed by atoms with Gasteiger partial charge in [-0.25, -0.2) is 8.42 Å². The number of anilines is 1. The van der Waals surface area contributed by atoms with E-state index in [9.17, 15) is 40.0 Å². The maximum absolute atomic E-state index is 13.2. The Bertz CT molecular complexity index is 1270. The highest BCUT2D eigenvalue weighted by molar-refractivity contribution is 7.91. The molecule has 1 aliphatic rings. The molecule has 3 rings (SSSR count). The minimum absolute atomic E-state index is 0.110. The van der Waals surface area contributed by atoms with Gasteiger partial charge in [0.25, 0.3) is 5.56 Å². The molecular weight excluding hydrogens is 489 g/mol. The largest absolute Gasteiger partial charge is 0.472 e. The summed E-state index contributed by atoms with van der Waals surface area (Å²) in [6.07, 6.45) is -3.23. The van der Waals surface area contributed by atoms with E-state index in [0.29, 0.717) is 4.57 Å². The van der Waals surface area contributed by atoms with Crippen LogP contribution in [0.2, 0.25) is 0 Å². The van der Waals surface area contributed by atoms with Crippen LogP contribution in [0.5, 0.6) is 5.88 Å². The molecule has 0 saturated heterocycles. The lowest BCUT2D eigenvalue weighted by Gasteiger charge is -2.20. The third-order valence-electron chi connectivity index (χ3n) is 5.11. The summed E-state index contributed by atoms with van der Waals surface area (Å²) in [6, 6.07) is 3.13. The average molecular weight is 509 g/mol. The second kappa shape index (κ2) is 8.96. The number of carbonyl (C=O) groups is 1. The molecule has 0 atom stereocenters. The first-order valence-electron chi connectivity index (χ1n) is 9.99. The molecule has 8 nitrogen and oxygen atoms in total. The monoisotopic (exact) mass is 509 g/mol. The van der Waals surface area contributed by atoms with Gasteiger partial charge >= 0.3 is 12.1 Å². The Balaban J connectivity index is 1.99. The van der Waals surface area contributed by atoms with Crippen molar-refractivity contribution in [3.05, 3.63) is 34.7 Å². The Kier molecular flexibility index (Phi) is 6.75. The highest BCUT2D eigenvalue weighted by atomic mass is 32.2. The summed E-state index contributed by atoms with van der Waals surface area (Å²) in [7, 11) is -2.88. The lowest BCUT2D eigenvalue weighted by atomic mass is 10.1. The molecule has 0 aliphatic heterocycles. The van der Waals surface area contributed by atoms with Crippen LogP contribution in [0.1, 0.15) is 19.8 Å². The maximum Gasteiger partial charge on any atom is 0.456 e. The molecule has 1 fully saturated rings. The van der Waals surface area contributed by atoms with E-state index in [1.165, 1.54) is 6.92 Å². The van der Waals surface area contributed by atoms with Crippen LogP contribution in [0.3, 0.4) is 0 Å². The van der Waals surface area contributed by atoms with Gasteiger partial charge in [-0.15, -0.1) is 0 Å². The number of pyridine rings is 2. The molecule has 2 aromatic rings. The van der Waals surface area contributed by atoms with E-state index in [0.717, 1.165) is 44.3 Å². The summed E-state index contributed by atoms with van der Waals surface area (Å²) in [5.41, 5.74) is -1.36. The lowest BCUT2D eigenvalue weighted by Crippen LogP contribution is -2.42. The number of nitrogens with one attached hydrogen (secondary N) is 1. The van der Waals surface area contributed by atoms with Crippen molar-refractivity contribution in [3.8, 4) is 17.1 Å². The maximum atomic E-state index is 13.2. The Hall–Kier alpha value is -3.03. The summed E-state index contributed by atoms with van der Waals surface area (Å²) in [5, 5.41) is 2.57. The van der Waals surface area contributed by atoms with E-state index in [1.807, 2.05) is 0 Å². The molecule has 2 aromatic heterocycles. The second-order valence-corrected chi connectivity index (χ2v) is 9.92. The van der Waals surface area contributed by atoms with Gasteiger partial charge in [-0.2, -0.15) is 22.0 Å². The van der Waals surface area contributed by atoms with Gasteiger partial charge in [0.15, 0.2) is 22.3 Å². The van der Waals surface area contributed by atoms with Crippen molar-refractivity contribution >= 4 is 21.4 Å². The van der Waals surface area contributed by atoms with E-state index in [-0.39, 0.29) is 39.4 Å². The number of amides is 1. The number of aromatic nitrogens is 2. The number of hydrogen-bond donors (Lipinski definition) is 1. The van der Waals surface area contributed by atoms with E-state index in [4.69, 9.17) is 0 Å². The molecule has 1 N–H and O–H groups in total. The third-order valence-corrected chi connectivity index (χ3v) is 6.85. The normalized spacial score (nSPS) is 14.7. The molecule has 0 aromatic carbocycles. The predicted octanol–water partition coefficient (Wildman–Crippen LogP) is 3.17. The van der Waals surface area contributed by atoms with Gasteiger partial charge in [-0.05, 0) is 31.0 Å². The van der Waals surface area contributed by atoms with Crippen molar-refractivity contribution in [1.82, 2.24) is 9.55 Å². The highest BCUT2D eigenvalue weighted by Crippen LogP contribution is 2.36. The zero-order valence-electron chi connectivity index (χ0n) is 17.9. The Morgan fingerprint density at radius 2 is 1.88 bits per heavy atom. The predicted molar refractivity (Wildman–Crippen MR) is 110 cm³/mol. The van der Waals surface area contributed by atoms with E-state index >= 15 is 0 Å². The fourth-order valence-electron chi connectivity index (χ4n) is 2.89. The van der Waals surface area contributed by atoms with Gasteiger partial charge in [0.1, 0.15) is 0 Å². The number of rotatable bonds is 8. The smallest absolute Gasteiger partial charge is 0.456 e. The molecule has 1 aliphatic carbocycles. The third kappa shape index (κ3) is 5.21. The molecule has 0 radical (unpaired) electrons. The summed E-state index contributed by atoms with van der Waals surface area (Å²) >= 11 is 0. The molecule has 186 valence electrons. The minimum atomic E-state index is -5.84. The first kappa shape index (κ1) is 25.6. The molecular formula is C20H20F5N3O5S. The van der Waals surface area contributed by atoms with Crippen LogP contribution in [0, 0.1) is 5.92 Å². The number of ether oxygens (including phenoxy) is 1. The Labute approximate surface area is 190 Å². The summed E-state index contributed by atoms with van der Waals surface area (Å²) in [4.78, 5) is 28.5. The van der Waals surface area contributed by atoms with Gasteiger partial charge in [0.05, 0.1) is 33.8 Å². The van der Waals surface area contributed by atoms with Gasteiger partial charge in [0.2, 0.25) is 5.91 Å². The quantitative estimate of drug-likeness (QED) is 0.548. The number of halogens is 5. The molecule has 1 saturated carbocycles. The molecule has 2 heterocycles. The molecule has 0 bridgehead atoms. The minimum Gasteiger partial charge on any atom is -0.472 e. The number of nitrogens with zero attached hydrogens (tertiary/aromatic N) is 2. The van der Waals surface area contributed by atoms with E-state index in [2.05, 4.69) is 15.0 Å². The van der Waals surface area contributed by atoms with Crippen molar-refractivity contribution in [3.63, 3.8) is 0 Å². The van der Waals surface area contributed by atoms with Crippen molar-refractivity contribution in [1.29, 1.82) is 0 Å². The fraction of sp³-hybridized carbons (Fsp3) is 0.450. The molecule has 0 spiro atoms. The SMILES string of the molecule is CCS(=O)(=O)c1cc(NC(=O)C2CC2)cnc1-c1ccc(OCC(F)(F)C(F)(F)F)n(C)c1=O. The van der Waals surface area contributed by atoms with Crippen molar-refractivity contribution < 1.29 is 39.9 Å². The zero-order valence-corrected chi connectivity index (χ0v) is 18.8. The molecule has 0 unspecified atom stereocenters. The van der Waals surface area contributed by atoms with Gasteiger partial charge in [0, 0.05) is 13.0 Å². The van der Waals surface area contributed by atoms with Crippen LogP contribution < -0.4 is 15.6 Å². The highest BCUT2D eigenvalue weighted by Gasteiger charge is 2.58. The Morgan fingerprint density at radius 3 is 2.44 bits per heavy atom. The van der Waals surface area contributed by atoms with E-state index in [1.54, 1.807) is 0 Å². The standard InChI is InChI=1S/C20H20F5N3O5S/c1-3-34(31,32)14-8-12(27-17(29)11-4-5-11)9-26-16(14)13-6-7-15(28(2)18(13)30)33-10-19(21,22)20(23,24)25/h6-9,11H,3-5,10H2,1-2H3,(H,27,29). The van der Waals surface area contributed by atoms with Crippen molar-refractivity contribution in [2.24, 2.45) is 13.0 Å². The van der Waals surface area contributed by atoms with Crippen molar-refractivity contribution in [2.45, 2.75) is 36.8 Å². The topological polar surface area (TPSA) is 107 Å². The first-order valence-corrected chi connectivity index (χ1v) is 11.6. The van der Waals surface area contributed by atoms with Crippen LogP contribution in [0.4, 0.5) is 27.6 Å². The second-order valence-electron chi connectivity index (χ2n) is 7.68. The number of alkyl halides is 5. The zero-order chi connectivity index (χ0) is 25.5. The number of hydrogen-bond acceptors (Lipinski definition) is 6. The average Bonchev–Trinajstić information content (AvgIpc) is 3.60. The van der Waals surface area contributed by atoms with Crippen LogP contribution in [-0.2, 0) is 21.7 Å². The summed E-state index contributed by atoms with van der Waals surface area (Å²) in [5.74, 6) is -6.54. The van der Waals surface area contributed by atoms with Gasteiger partial charge < -0.3 is 10.1 Å². The van der Waals surface area contributed by atoms with Crippen LogP contribution in [-0.4, -0.2) is 48.3 Å². The fourth-order valence-corrected chi connectivity index (χ4v) is 3.96. The number of carbonyl (C=O) groups excluding carboxylic acids is 1. The molecule has 1 amide bonds. The summed E-state index contributed by atoms with van der Waals surface area (Å²) in [6.45, 7) is -0.684. The molecule has 14 heteroatoms. The van der Waals surface area contributed by atoms with Crippen molar-refractivity contribution in [2.75, 3.05) is 17.7 Å². The van der Waals surface area contributed by atoms with Crippen LogP contribution >= 0.6 is 0 Å². The van der Waals surface area contributed by atoms with Crippen LogP contribution in [0.25, 0.3) is 11.3 Å². The van der Waals surface area contributed by atoms with Crippen LogP contribution in [0.15, 0.2) is 34.1 Å². The number of sulfone groups is 1. The Morgan fingerprint density at radius 1 is 1.24 bits per heavy atom. The summed E-state index contributed by atoms with van der Waals surface area (Å²) < 4.78 is 93.9. The van der Waals surface area contributed by atoms with Gasteiger partial charge in [-0.1, -0.05) is 6.92 Å². The van der Waals surface area contributed by atoms with Gasteiger partial charge in [-0.3, -0.25) is 19.1 Å². The first-order chi connectivity index (χ1) is 15.7. The van der Waals surface area contributed by atoms with E-state index < -0.39 is 40.0 Å². The lowest BCUT2D eigenvalue weighted by molar-refractivity contribution is -0.290. The molecule has 34 heavy (non-hydrogen) atoms.